The van der Waals surface area contributed by atoms with Gasteiger partial charge in [-0.05, 0) is 44.2 Å². The molecule has 2 heterocycles. The van der Waals surface area contributed by atoms with Crippen molar-refractivity contribution in [3.8, 4) is 11.6 Å². The number of aromatic nitrogens is 3. The van der Waals surface area contributed by atoms with Crippen molar-refractivity contribution in [1.29, 1.82) is 0 Å². The number of carbonyl (C=O) groups excluding carboxylic acids is 1. The molecule has 7 nitrogen and oxygen atoms in total. The molecule has 0 aliphatic heterocycles. The maximum Gasteiger partial charge on any atom is 0.257 e. The van der Waals surface area contributed by atoms with Gasteiger partial charge in [0.1, 0.15) is 6.61 Å². The zero-order valence-corrected chi connectivity index (χ0v) is 16.7. The molecule has 146 valence electrons. The van der Waals surface area contributed by atoms with Gasteiger partial charge in [0, 0.05) is 19.0 Å². The Morgan fingerprint density at radius 2 is 2.04 bits per heavy atom. The van der Waals surface area contributed by atoms with Crippen molar-refractivity contribution < 1.29 is 14.3 Å². The van der Waals surface area contributed by atoms with Crippen LogP contribution in [0.5, 0.6) is 5.75 Å². The van der Waals surface area contributed by atoms with Crippen molar-refractivity contribution in [2.45, 2.75) is 13.8 Å². The van der Waals surface area contributed by atoms with Crippen LogP contribution in [0.3, 0.4) is 0 Å². The van der Waals surface area contributed by atoms with Crippen LogP contribution in [0.4, 0.5) is 5.69 Å². The SMILES string of the molecule is COCCOc1c(Cl)cccc1NC(=O)c1ccc(-n2nc(C)cc2C)nc1. The minimum Gasteiger partial charge on any atom is -0.487 e. The van der Waals surface area contributed by atoms with E-state index in [1.807, 2.05) is 19.9 Å². The Labute approximate surface area is 168 Å². The zero-order valence-electron chi connectivity index (χ0n) is 15.9. The van der Waals surface area contributed by atoms with Crippen molar-refractivity contribution in [1.82, 2.24) is 14.8 Å². The lowest BCUT2D eigenvalue weighted by Crippen LogP contribution is -2.14. The van der Waals surface area contributed by atoms with Gasteiger partial charge in [0.2, 0.25) is 0 Å². The maximum atomic E-state index is 12.6. The van der Waals surface area contributed by atoms with Crippen LogP contribution in [0.2, 0.25) is 5.02 Å². The van der Waals surface area contributed by atoms with Gasteiger partial charge < -0.3 is 14.8 Å². The first-order valence-electron chi connectivity index (χ1n) is 8.71. The molecule has 0 fully saturated rings. The van der Waals surface area contributed by atoms with Crippen LogP contribution in [0.25, 0.3) is 5.82 Å². The number of pyridine rings is 1. The summed E-state index contributed by atoms with van der Waals surface area (Å²) in [6.07, 6.45) is 1.51. The van der Waals surface area contributed by atoms with E-state index in [1.165, 1.54) is 6.20 Å². The molecule has 0 saturated heterocycles. The van der Waals surface area contributed by atoms with Gasteiger partial charge in [0.05, 0.1) is 28.6 Å². The first kappa shape index (κ1) is 19.9. The Morgan fingerprint density at radius 3 is 2.68 bits per heavy atom. The second-order valence-electron chi connectivity index (χ2n) is 6.16. The Hall–Kier alpha value is -2.90. The summed E-state index contributed by atoms with van der Waals surface area (Å²) in [5, 5.41) is 7.62. The summed E-state index contributed by atoms with van der Waals surface area (Å²) < 4.78 is 12.4. The van der Waals surface area contributed by atoms with E-state index >= 15 is 0 Å². The monoisotopic (exact) mass is 400 g/mol. The Bertz CT molecular complexity index is 970. The zero-order chi connectivity index (χ0) is 20.1. The summed E-state index contributed by atoms with van der Waals surface area (Å²) in [7, 11) is 1.58. The summed E-state index contributed by atoms with van der Waals surface area (Å²) in [5.41, 5.74) is 2.77. The number of hydrogen-bond acceptors (Lipinski definition) is 5. The normalized spacial score (nSPS) is 10.7. The second-order valence-corrected chi connectivity index (χ2v) is 6.56. The predicted molar refractivity (Wildman–Crippen MR) is 108 cm³/mol. The number of rotatable bonds is 7. The Morgan fingerprint density at radius 1 is 1.21 bits per heavy atom. The summed E-state index contributed by atoms with van der Waals surface area (Å²) in [5.74, 6) is 0.738. The molecule has 0 bridgehead atoms. The average Bonchev–Trinajstić information content (AvgIpc) is 3.02. The number of para-hydroxylation sites is 1. The van der Waals surface area contributed by atoms with Crippen molar-refractivity contribution >= 4 is 23.2 Å². The molecule has 3 aromatic rings. The molecule has 0 saturated carbocycles. The van der Waals surface area contributed by atoms with E-state index in [0.717, 1.165) is 11.4 Å². The fourth-order valence-corrected chi connectivity index (χ4v) is 2.91. The topological polar surface area (TPSA) is 78.3 Å². The molecule has 1 N–H and O–H groups in total. The number of carbonyl (C=O) groups is 1. The number of amides is 1. The van der Waals surface area contributed by atoms with Gasteiger partial charge in [-0.15, -0.1) is 0 Å². The number of anilines is 1. The van der Waals surface area contributed by atoms with Crippen molar-refractivity contribution in [3.05, 3.63) is 64.6 Å². The molecule has 0 aliphatic rings. The van der Waals surface area contributed by atoms with E-state index in [9.17, 15) is 4.79 Å². The lowest BCUT2D eigenvalue weighted by molar-refractivity contribution is 0.102. The van der Waals surface area contributed by atoms with Crippen LogP contribution in [0.1, 0.15) is 21.7 Å². The van der Waals surface area contributed by atoms with Crippen LogP contribution in [-0.2, 0) is 4.74 Å². The molecule has 0 radical (unpaired) electrons. The highest BCUT2D eigenvalue weighted by Gasteiger charge is 2.14. The number of hydrogen-bond donors (Lipinski definition) is 1. The molecule has 0 spiro atoms. The smallest absolute Gasteiger partial charge is 0.257 e. The second kappa shape index (κ2) is 8.86. The van der Waals surface area contributed by atoms with E-state index < -0.39 is 0 Å². The quantitative estimate of drug-likeness (QED) is 0.610. The van der Waals surface area contributed by atoms with Crippen molar-refractivity contribution in [2.24, 2.45) is 0 Å². The largest absolute Gasteiger partial charge is 0.487 e. The summed E-state index contributed by atoms with van der Waals surface area (Å²) in [4.78, 5) is 17.0. The maximum absolute atomic E-state index is 12.6. The van der Waals surface area contributed by atoms with Crippen molar-refractivity contribution in [2.75, 3.05) is 25.6 Å². The van der Waals surface area contributed by atoms with Crippen LogP contribution < -0.4 is 10.1 Å². The van der Waals surface area contributed by atoms with Crippen LogP contribution >= 0.6 is 11.6 Å². The number of ether oxygens (including phenoxy) is 2. The molecular weight excluding hydrogens is 380 g/mol. The molecule has 1 amide bonds. The van der Waals surface area contributed by atoms with Gasteiger partial charge in [0.15, 0.2) is 11.6 Å². The highest BCUT2D eigenvalue weighted by atomic mass is 35.5. The van der Waals surface area contributed by atoms with E-state index in [0.29, 0.717) is 41.1 Å². The Kier molecular flexibility index (Phi) is 6.28. The standard InChI is InChI=1S/C20H21ClN4O3/c1-13-11-14(2)25(24-13)18-8-7-15(12-22-18)20(26)23-17-6-4-5-16(21)19(17)28-10-9-27-3/h4-8,11-12H,9-10H2,1-3H3,(H,23,26). The van der Waals surface area contributed by atoms with Gasteiger partial charge >= 0.3 is 0 Å². The van der Waals surface area contributed by atoms with Crippen LogP contribution in [-0.4, -0.2) is 41.0 Å². The molecule has 8 heteroatoms. The number of methoxy groups -OCH3 is 1. The van der Waals surface area contributed by atoms with Crippen molar-refractivity contribution in [3.63, 3.8) is 0 Å². The highest BCUT2D eigenvalue weighted by molar-refractivity contribution is 6.32. The van der Waals surface area contributed by atoms with Crippen LogP contribution in [0.15, 0.2) is 42.6 Å². The number of benzene rings is 1. The van der Waals surface area contributed by atoms with E-state index in [2.05, 4.69) is 15.4 Å². The van der Waals surface area contributed by atoms with E-state index in [4.69, 9.17) is 21.1 Å². The molecular formula is C20H21ClN4O3. The average molecular weight is 401 g/mol. The first-order valence-corrected chi connectivity index (χ1v) is 9.08. The van der Waals surface area contributed by atoms with Gasteiger partial charge in [-0.1, -0.05) is 17.7 Å². The fraction of sp³-hybridized carbons (Fsp3) is 0.250. The molecule has 2 aromatic heterocycles. The van der Waals surface area contributed by atoms with Crippen LogP contribution in [0, 0.1) is 13.8 Å². The molecule has 28 heavy (non-hydrogen) atoms. The number of aryl methyl sites for hydroxylation is 2. The summed E-state index contributed by atoms with van der Waals surface area (Å²) >= 11 is 6.20. The summed E-state index contributed by atoms with van der Waals surface area (Å²) in [6, 6.07) is 10.6. The summed E-state index contributed by atoms with van der Waals surface area (Å²) in [6.45, 7) is 4.60. The fourth-order valence-electron chi connectivity index (χ4n) is 2.68. The first-order chi connectivity index (χ1) is 13.5. The lowest BCUT2D eigenvalue weighted by Gasteiger charge is -2.14. The highest BCUT2D eigenvalue weighted by Crippen LogP contribution is 2.33. The third-order valence-corrected chi connectivity index (χ3v) is 4.28. The van der Waals surface area contributed by atoms with Gasteiger partial charge in [0.25, 0.3) is 5.91 Å². The minimum atomic E-state index is -0.314. The predicted octanol–water partition coefficient (Wildman–Crippen LogP) is 3.82. The molecule has 3 rings (SSSR count). The van der Waals surface area contributed by atoms with Gasteiger partial charge in [-0.2, -0.15) is 5.10 Å². The molecule has 0 aliphatic carbocycles. The molecule has 0 unspecified atom stereocenters. The van der Waals surface area contributed by atoms with Gasteiger partial charge in [-0.3, -0.25) is 4.79 Å². The number of halogens is 1. The number of nitrogens with zero attached hydrogens (tertiary/aromatic N) is 3. The van der Waals surface area contributed by atoms with Gasteiger partial charge in [-0.25, -0.2) is 9.67 Å². The third-order valence-electron chi connectivity index (χ3n) is 3.99. The van der Waals surface area contributed by atoms with E-state index in [1.54, 1.807) is 42.1 Å². The third kappa shape index (κ3) is 4.49. The molecule has 1 aromatic carbocycles. The lowest BCUT2D eigenvalue weighted by atomic mass is 10.2. The molecule has 0 atom stereocenters. The number of nitrogens with one attached hydrogen (secondary N) is 1. The van der Waals surface area contributed by atoms with E-state index in [-0.39, 0.29) is 5.91 Å². The Balaban J connectivity index is 1.76. The minimum absolute atomic E-state index is 0.314.